The first kappa shape index (κ1) is 31.8. The predicted octanol–water partition coefficient (Wildman–Crippen LogP) is 5.47. The summed E-state index contributed by atoms with van der Waals surface area (Å²) >= 11 is 0. The first-order valence-electron chi connectivity index (χ1n) is 14.9. The third-order valence-corrected chi connectivity index (χ3v) is 8.89. The van der Waals surface area contributed by atoms with E-state index in [4.69, 9.17) is 0 Å². The third-order valence-electron chi connectivity index (χ3n) is 8.89. The highest BCUT2D eigenvalue weighted by atomic mass is 19.1. The number of rotatable bonds is 5. The highest BCUT2D eigenvalue weighted by Crippen LogP contribution is 2.46. The van der Waals surface area contributed by atoms with Gasteiger partial charge in [0, 0.05) is 24.2 Å². The van der Waals surface area contributed by atoms with E-state index in [9.17, 15) is 23.9 Å². The molecule has 0 radical (unpaired) electrons. The van der Waals surface area contributed by atoms with Gasteiger partial charge in [0.15, 0.2) is 12.6 Å². The van der Waals surface area contributed by atoms with Crippen LogP contribution in [-0.4, -0.2) is 63.3 Å². The smallest absolute Gasteiger partial charge is 0.282 e. The van der Waals surface area contributed by atoms with Crippen LogP contribution in [0.3, 0.4) is 0 Å². The van der Waals surface area contributed by atoms with E-state index in [0.717, 1.165) is 28.8 Å². The number of amides is 2. The van der Waals surface area contributed by atoms with E-state index in [1.54, 1.807) is 33.8 Å². The summed E-state index contributed by atoms with van der Waals surface area (Å²) in [6.07, 6.45) is 2.59. The Labute approximate surface area is 267 Å². The minimum atomic E-state index is -1.45. The molecule has 1 N–H and O–H groups in total. The van der Waals surface area contributed by atoms with E-state index in [1.165, 1.54) is 22.1 Å². The molecule has 4 aromatic rings. The molecule has 13 heteroatoms. The van der Waals surface area contributed by atoms with Gasteiger partial charge in [-0.3, -0.25) is 28.8 Å². The van der Waals surface area contributed by atoms with Crippen LogP contribution >= 0.6 is 0 Å². The van der Waals surface area contributed by atoms with Gasteiger partial charge >= 0.3 is 0 Å². The lowest BCUT2D eigenvalue weighted by molar-refractivity contribution is -0.130. The van der Waals surface area contributed by atoms with Gasteiger partial charge in [-0.1, -0.05) is 26.5 Å². The monoisotopic (exact) mass is 649 g/mol. The van der Waals surface area contributed by atoms with Gasteiger partial charge in [-0.05, 0) is 55.7 Å². The number of phenolic OH excluding ortho intramolecular Hbond substituents is 1. The molecule has 2 unspecified atom stereocenters. The summed E-state index contributed by atoms with van der Waals surface area (Å²) in [5.41, 5.74) is -2.79. The van der Waals surface area contributed by atoms with Crippen LogP contribution in [0.25, 0.3) is 27.7 Å². The Morgan fingerprint density at radius 1 is 1.09 bits per heavy atom. The number of hydrogen-bond donors (Lipinski definition) is 1. The average molecular weight is 650 g/mol. The Hall–Kier alpha value is -5.20. The number of pyridine rings is 2. The normalized spacial score (nSPS) is 17.7. The molecule has 0 aliphatic carbocycles. The number of halogens is 4. The molecular weight excluding hydrogens is 618 g/mol. The van der Waals surface area contributed by atoms with Crippen LogP contribution in [-0.2, 0) is 9.59 Å². The van der Waals surface area contributed by atoms with Crippen molar-refractivity contribution in [1.82, 2.24) is 14.5 Å². The molecule has 1 fully saturated rings. The van der Waals surface area contributed by atoms with Gasteiger partial charge in [0.05, 0.1) is 40.3 Å². The Morgan fingerprint density at radius 2 is 1.81 bits per heavy atom. The van der Waals surface area contributed by atoms with Crippen molar-refractivity contribution in [2.45, 2.75) is 45.7 Å². The molecule has 2 aromatic carbocycles. The lowest BCUT2D eigenvalue weighted by atomic mass is 9.94. The minimum Gasteiger partial charge on any atom is -0.507 e. The fourth-order valence-corrected chi connectivity index (χ4v) is 6.73. The maximum Gasteiger partial charge on any atom is 0.282 e. The van der Waals surface area contributed by atoms with E-state index < -0.39 is 81.8 Å². The molecule has 6 rings (SSSR count). The number of fused-ring (bicyclic) bond motifs is 5. The number of alkyl halides is 1. The molecule has 2 aliphatic rings. The standard InChI is InChI=1S/C34H31F4N5O4/c1-6-24(45)40-14-22-33(46)42(15-35)32-31(41(22)13-18(40)5)19-12-21(37)26(25-20(36)8-7-9-23(25)44)27(38)30(19)43(34(32)47)29-17(4)10-11-39-28(29)16(2)3/h6-12,16,18,22,44H,1,13-15H2,2-5H3. The molecule has 9 nitrogen and oxygen atoms in total. The van der Waals surface area contributed by atoms with E-state index in [1.807, 2.05) is 0 Å². The zero-order chi connectivity index (χ0) is 34.1. The topological polar surface area (TPSA) is 99.0 Å². The van der Waals surface area contributed by atoms with Crippen molar-refractivity contribution >= 4 is 34.1 Å². The van der Waals surface area contributed by atoms with E-state index in [-0.39, 0.29) is 35.8 Å². The van der Waals surface area contributed by atoms with Gasteiger partial charge < -0.3 is 14.9 Å². The zero-order valence-electron chi connectivity index (χ0n) is 26.0. The number of aryl methyl sites for hydroxylation is 1. The molecule has 244 valence electrons. The zero-order valence-corrected chi connectivity index (χ0v) is 26.0. The largest absolute Gasteiger partial charge is 0.507 e. The molecular formula is C34H31F4N5O4. The summed E-state index contributed by atoms with van der Waals surface area (Å²) in [6, 6.07) is 3.89. The number of nitrogens with zero attached hydrogens (tertiary/aromatic N) is 5. The molecule has 0 spiro atoms. The van der Waals surface area contributed by atoms with Crippen LogP contribution in [0.4, 0.5) is 28.9 Å². The van der Waals surface area contributed by atoms with Crippen molar-refractivity contribution in [3.63, 3.8) is 0 Å². The van der Waals surface area contributed by atoms with Gasteiger partial charge in [0.25, 0.3) is 11.5 Å². The second kappa shape index (κ2) is 11.6. The van der Waals surface area contributed by atoms with Crippen molar-refractivity contribution in [2.75, 3.05) is 29.7 Å². The number of carbonyl (C=O) groups excluding carboxylic acids is 2. The van der Waals surface area contributed by atoms with Crippen molar-refractivity contribution in [3.05, 3.63) is 88.2 Å². The van der Waals surface area contributed by atoms with Crippen LogP contribution in [0.1, 0.15) is 37.9 Å². The third kappa shape index (κ3) is 4.66. The second-order valence-corrected chi connectivity index (χ2v) is 12.0. The number of hydrogen-bond acceptors (Lipinski definition) is 6. The number of phenols is 1. The van der Waals surface area contributed by atoms with Gasteiger partial charge in [-0.25, -0.2) is 17.6 Å². The van der Waals surface area contributed by atoms with Crippen molar-refractivity contribution in [1.29, 1.82) is 0 Å². The fraction of sp³-hybridized carbons (Fsp3) is 0.294. The first-order chi connectivity index (χ1) is 22.3. The summed E-state index contributed by atoms with van der Waals surface area (Å²) in [6.45, 7) is 8.73. The Kier molecular flexibility index (Phi) is 7.81. The number of aromatic nitrogens is 2. The summed E-state index contributed by atoms with van der Waals surface area (Å²) in [7, 11) is 0. The molecule has 1 saturated heterocycles. The van der Waals surface area contributed by atoms with Crippen LogP contribution in [0, 0.1) is 24.4 Å². The SMILES string of the molecule is C=CC(=O)N1CC2C(=O)N(CF)c3c(c4cc(F)c(-c5c(O)cccc5F)c(F)c4n(-c4c(C)ccnc4C(C)C)c3=O)N2CC1C. The lowest BCUT2D eigenvalue weighted by Gasteiger charge is -2.50. The molecule has 47 heavy (non-hydrogen) atoms. The van der Waals surface area contributed by atoms with Crippen LogP contribution in [0.15, 0.2) is 54.0 Å². The first-order valence-corrected chi connectivity index (χ1v) is 14.9. The highest BCUT2D eigenvalue weighted by Gasteiger charge is 2.47. The molecule has 2 aromatic heterocycles. The predicted molar refractivity (Wildman–Crippen MR) is 169 cm³/mol. The maximum atomic E-state index is 17.2. The number of aromatic hydroxyl groups is 1. The Balaban J connectivity index is 1.82. The lowest BCUT2D eigenvalue weighted by Crippen LogP contribution is -2.66. The summed E-state index contributed by atoms with van der Waals surface area (Å²) in [5.74, 6) is -6.10. The van der Waals surface area contributed by atoms with E-state index in [2.05, 4.69) is 11.6 Å². The summed E-state index contributed by atoms with van der Waals surface area (Å²) in [5, 5.41) is 10.3. The quantitative estimate of drug-likeness (QED) is 0.175. The molecule has 0 saturated carbocycles. The van der Waals surface area contributed by atoms with Crippen molar-refractivity contribution in [3.8, 4) is 22.6 Å². The summed E-state index contributed by atoms with van der Waals surface area (Å²) < 4.78 is 64.4. The number of carbonyl (C=O) groups is 2. The molecule has 2 atom stereocenters. The van der Waals surface area contributed by atoms with Gasteiger partial charge in [-0.2, -0.15) is 0 Å². The Bertz CT molecular complexity index is 2040. The van der Waals surface area contributed by atoms with Gasteiger partial charge in [0.1, 0.15) is 29.1 Å². The summed E-state index contributed by atoms with van der Waals surface area (Å²) in [4.78, 5) is 49.1. The van der Waals surface area contributed by atoms with Gasteiger partial charge in [-0.15, -0.1) is 0 Å². The van der Waals surface area contributed by atoms with Crippen molar-refractivity contribution < 1.29 is 32.3 Å². The van der Waals surface area contributed by atoms with Crippen LogP contribution < -0.4 is 15.4 Å². The second-order valence-electron chi connectivity index (χ2n) is 12.0. The highest BCUT2D eigenvalue weighted by molar-refractivity contribution is 6.13. The molecule has 4 heterocycles. The molecule has 0 bridgehead atoms. The Morgan fingerprint density at radius 3 is 2.45 bits per heavy atom. The van der Waals surface area contributed by atoms with E-state index >= 15 is 13.2 Å². The number of anilines is 2. The number of benzene rings is 2. The number of piperazine rings is 1. The van der Waals surface area contributed by atoms with Gasteiger partial charge in [0.2, 0.25) is 5.91 Å². The van der Waals surface area contributed by atoms with E-state index in [0.29, 0.717) is 16.2 Å². The molecule has 2 aliphatic heterocycles. The maximum absolute atomic E-state index is 17.2. The fourth-order valence-electron chi connectivity index (χ4n) is 6.73. The van der Waals surface area contributed by atoms with Crippen LogP contribution in [0.5, 0.6) is 5.75 Å². The molecule has 2 amide bonds. The average Bonchev–Trinajstić information content (AvgIpc) is 3.02. The van der Waals surface area contributed by atoms with Crippen molar-refractivity contribution in [2.24, 2.45) is 0 Å². The van der Waals surface area contributed by atoms with Crippen LogP contribution in [0.2, 0.25) is 0 Å². The minimum absolute atomic E-state index is 0.0517.